The van der Waals surface area contributed by atoms with Gasteiger partial charge in [-0.25, -0.2) is 0 Å². The van der Waals surface area contributed by atoms with Crippen LogP contribution in [0.1, 0.15) is 6.92 Å². The van der Waals surface area contributed by atoms with Crippen molar-refractivity contribution >= 4 is 29.0 Å². The van der Waals surface area contributed by atoms with Gasteiger partial charge < -0.3 is 15.1 Å². The van der Waals surface area contributed by atoms with Crippen molar-refractivity contribution < 1.29 is 4.79 Å². The largest absolute Gasteiger partial charge is 0.369 e. The average molecular weight is 424 g/mol. The highest BCUT2D eigenvalue weighted by atomic mass is 32.2. The number of anilines is 2. The molecule has 8 nitrogen and oxygen atoms in total. The van der Waals surface area contributed by atoms with Gasteiger partial charge in [-0.15, -0.1) is 5.10 Å². The van der Waals surface area contributed by atoms with Gasteiger partial charge in [0.2, 0.25) is 11.1 Å². The third kappa shape index (κ3) is 4.80. The number of carbonyl (C=O) groups is 1. The van der Waals surface area contributed by atoms with E-state index < -0.39 is 0 Å². The number of tetrazole rings is 1. The molecule has 0 saturated carbocycles. The number of hydrogen-bond donors (Lipinski definition) is 1. The van der Waals surface area contributed by atoms with Crippen molar-refractivity contribution in [1.82, 2.24) is 25.1 Å². The van der Waals surface area contributed by atoms with E-state index in [0.717, 1.165) is 37.6 Å². The van der Waals surface area contributed by atoms with Crippen molar-refractivity contribution in [2.75, 3.05) is 43.4 Å². The first-order valence-electron chi connectivity index (χ1n) is 9.95. The fraction of sp³-hybridized carbons (Fsp3) is 0.333. The number of carbonyl (C=O) groups excluding carboxylic acids is 1. The molecule has 1 aromatic heterocycles. The van der Waals surface area contributed by atoms with Crippen LogP contribution in [-0.2, 0) is 4.79 Å². The Morgan fingerprint density at radius 3 is 2.40 bits per heavy atom. The summed E-state index contributed by atoms with van der Waals surface area (Å²) in [7, 11) is 2.15. The summed E-state index contributed by atoms with van der Waals surface area (Å²) in [5.41, 5.74) is 2.83. The Hall–Kier alpha value is -2.91. The van der Waals surface area contributed by atoms with E-state index in [0.29, 0.717) is 5.16 Å². The lowest BCUT2D eigenvalue weighted by atomic mass is 10.2. The number of amides is 1. The van der Waals surface area contributed by atoms with Crippen LogP contribution >= 0.6 is 11.8 Å². The zero-order chi connectivity index (χ0) is 20.9. The van der Waals surface area contributed by atoms with Gasteiger partial charge in [0.05, 0.1) is 10.9 Å². The summed E-state index contributed by atoms with van der Waals surface area (Å²) in [6.45, 7) is 6.02. The number of nitrogens with one attached hydrogen (secondary N) is 1. The number of hydrogen-bond acceptors (Lipinski definition) is 7. The zero-order valence-electron chi connectivity index (χ0n) is 17.1. The molecule has 9 heteroatoms. The first-order valence-corrected chi connectivity index (χ1v) is 10.8. The Morgan fingerprint density at radius 1 is 1.00 bits per heavy atom. The molecule has 0 bridgehead atoms. The summed E-state index contributed by atoms with van der Waals surface area (Å²) in [6, 6.07) is 17.7. The van der Waals surface area contributed by atoms with Gasteiger partial charge in [-0.1, -0.05) is 30.0 Å². The first kappa shape index (κ1) is 20.4. The molecule has 4 rings (SSSR count). The lowest BCUT2D eigenvalue weighted by Gasteiger charge is -2.34. The van der Waals surface area contributed by atoms with Crippen LogP contribution in [0, 0.1) is 0 Å². The maximum Gasteiger partial charge on any atom is 0.237 e. The van der Waals surface area contributed by atoms with E-state index in [4.69, 9.17) is 0 Å². The summed E-state index contributed by atoms with van der Waals surface area (Å²) >= 11 is 1.33. The molecule has 30 heavy (non-hydrogen) atoms. The molecular weight excluding hydrogens is 398 g/mol. The summed E-state index contributed by atoms with van der Waals surface area (Å²) in [5.74, 6) is -0.0880. The molecule has 0 unspecified atom stereocenters. The smallest absolute Gasteiger partial charge is 0.237 e. The molecule has 2 aromatic carbocycles. The van der Waals surface area contributed by atoms with Gasteiger partial charge in [0.15, 0.2) is 0 Å². The number of para-hydroxylation sites is 1. The van der Waals surface area contributed by atoms with Crippen molar-refractivity contribution in [3.63, 3.8) is 0 Å². The minimum Gasteiger partial charge on any atom is -0.369 e. The molecule has 1 saturated heterocycles. The Morgan fingerprint density at radius 2 is 1.70 bits per heavy atom. The molecule has 1 fully saturated rings. The second-order valence-electron chi connectivity index (χ2n) is 7.30. The molecule has 0 radical (unpaired) electrons. The Kier molecular flexibility index (Phi) is 6.29. The van der Waals surface area contributed by atoms with Crippen molar-refractivity contribution in [2.24, 2.45) is 0 Å². The Balaban J connectivity index is 1.36. The second kappa shape index (κ2) is 9.27. The monoisotopic (exact) mass is 423 g/mol. The van der Waals surface area contributed by atoms with Gasteiger partial charge in [0, 0.05) is 37.6 Å². The summed E-state index contributed by atoms with van der Waals surface area (Å²) in [4.78, 5) is 17.4. The molecule has 1 aliphatic heterocycles. The van der Waals surface area contributed by atoms with E-state index in [1.165, 1.54) is 17.4 Å². The van der Waals surface area contributed by atoms with E-state index in [1.807, 2.05) is 49.4 Å². The lowest BCUT2D eigenvalue weighted by molar-refractivity contribution is -0.115. The van der Waals surface area contributed by atoms with E-state index in [9.17, 15) is 4.79 Å². The number of likely N-dealkylation sites (N-methyl/N-ethyl adjacent to an activating group) is 1. The molecule has 0 aliphatic carbocycles. The fourth-order valence-corrected chi connectivity index (χ4v) is 4.07. The molecule has 1 aliphatic rings. The van der Waals surface area contributed by atoms with Crippen LogP contribution in [-0.4, -0.2) is 69.5 Å². The standard InChI is InChI=1S/C21H25N7OS/c1-16(30-21-23-24-25-28(21)19-6-4-3-5-7-19)20(29)22-17-8-10-18(11-9-17)27-14-12-26(2)13-15-27/h3-11,16H,12-15H2,1-2H3,(H,22,29)/t16-/m1/s1. The van der Waals surface area contributed by atoms with Crippen molar-refractivity contribution in [3.8, 4) is 5.69 Å². The molecule has 3 aromatic rings. The maximum atomic E-state index is 12.7. The number of thioether (sulfide) groups is 1. The van der Waals surface area contributed by atoms with Crippen LogP contribution in [0.4, 0.5) is 11.4 Å². The van der Waals surface area contributed by atoms with Crippen LogP contribution in [0.5, 0.6) is 0 Å². The number of aromatic nitrogens is 4. The van der Waals surface area contributed by atoms with Crippen molar-refractivity contribution in [2.45, 2.75) is 17.3 Å². The normalized spacial score (nSPS) is 15.7. The number of rotatable bonds is 6. The lowest BCUT2D eigenvalue weighted by Crippen LogP contribution is -2.44. The van der Waals surface area contributed by atoms with Gasteiger partial charge in [0.25, 0.3) is 0 Å². The van der Waals surface area contributed by atoms with Gasteiger partial charge in [0.1, 0.15) is 0 Å². The van der Waals surface area contributed by atoms with Gasteiger partial charge in [-0.05, 0) is 60.8 Å². The quantitative estimate of drug-likeness (QED) is 0.611. The SMILES string of the molecule is C[C@@H](Sc1nnnn1-c1ccccc1)C(=O)Nc1ccc(N2CCN(C)CC2)cc1. The highest BCUT2D eigenvalue weighted by Crippen LogP contribution is 2.24. The summed E-state index contributed by atoms with van der Waals surface area (Å²) in [6.07, 6.45) is 0. The van der Waals surface area contributed by atoms with Gasteiger partial charge in [-0.2, -0.15) is 4.68 Å². The Labute approximate surface area is 180 Å². The molecule has 1 amide bonds. The molecule has 1 N–H and O–H groups in total. The first-order chi connectivity index (χ1) is 14.6. The van der Waals surface area contributed by atoms with E-state index in [1.54, 1.807) is 4.68 Å². The molecular formula is C21H25N7OS. The average Bonchev–Trinajstić information content (AvgIpc) is 3.23. The Bertz CT molecular complexity index is 969. The predicted molar refractivity (Wildman–Crippen MR) is 119 cm³/mol. The molecule has 0 spiro atoms. The summed E-state index contributed by atoms with van der Waals surface area (Å²) in [5, 5.41) is 15.1. The number of nitrogens with zero attached hydrogens (tertiary/aromatic N) is 6. The second-order valence-corrected chi connectivity index (χ2v) is 8.60. The highest BCUT2D eigenvalue weighted by molar-refractivity contribution is 8.00. The van der Waals surface area contributed by atoms with Crippen LogP contribution in [0.15, 0.2) is 59.8 Å². The topological polar surface area (TPSA) is 79.2 Å². The van der Waals surface area contributed by atoms with E-state index in [2.05, 4.69) is 49.8 Å². The van der Waals surface area contributed by atoms with Crippen LogP contribution < -0.4 is 10.2 Å². The van der Waals surface area contributed by atoms with Crippen LogP contribution in [0.3, 0.4) is 0 Å². The minimum atomic E-state index is -0.351. The molecule has 1 atom stereocenters. The van der Waals surface area contributed by atoms with Crippen LogP contribution in [0.2, 0.25) is 0 Å². The van der Waals surface area contributed by atoms with E-state index in [-0.39, 0.29) is 11.2 Å². The molecule has 2 heterocycles. The summed E-state index contributed by atoms with van der Waals surface area (Å²) < 4.78 is 1.64. The fourth-order valence-electron chi connectivity index (χ4n) is 3.26. The number of benzene rings is 2. The maximum absolute atomic E-state index is 12.7. The zero-order valence-corrected chi connectivity index (χ0v) is 17.9. The predicted octanol–water partition coefficient (Wildman–Crippen LogP) is 2.53. The highest BCUT2D eigenvalue weighted by Gasteiger charge is 2.20. The van der Waals surface area contributed by atoms with Crippen LogP contribution in [0.25, 0.3) is 5.69 Å². The van der Waals surface area contributed by atoms with Crippen molar-refractivity contribution in [3.05, 3.63) is 54.6 Å². The molecule has 156 valence electrons. The van der Waals surface area contributed by atoms with Gasteiger partial charge >= 0.3 is 0 Å². The minimum absolute atomic E-state index is 0.0880. The van der Waals surface area contributed by atoms with Crippen molar-refractivity contribution in [1.29, 1.82) is 0 Å². The third-order valence-corrected chi connectivity index (χ3v) is 6.13. The van der Waals surface area contributed by atoms with Gasteiger partial charge in [-0.3, -0.25) is 4.79 Å². The third-order valence-electron chi connectivity index (χ3n) is 5.10. The van der Waals surface area contributed by atoms with E-state index >= 15 is 0 Å². The number of piperazine rings is 1.